The zero-order chi connectivity index (χ0) is 14.0. The first kappa shape index (κ1) is 14.2. The van der Waals surface area contributed by atoms with Gasteiger partial charge in [-0.1, -0.05) is 29.3 Å². The number of hydrogen-bond donors (Lipinski definition) is 2. The molecule has 2 unspecified atom stereocenters. The lowest BCUT2D eigenvalue weighted by atomic mass is 9.89. The van der Waals surface area contributed by atoms with E-state index >= 15 is 0 Å². The van der Waals surface area contributed by atoms with E-state index in [2.05, 4.69) is 5.32 Å². The monoisotopic (exact) mass is 301 g/mol. The highest BCUT2D eigenvalue weighted by Gasteiger charge is 2.33. The van der Waals surface area contributed by atoms with Gasteiger partial charge in [-0.2, -0.15) is 0 Å². The van der Waals surface area contributed by atoms with Crippen LogP contribution in [0.4, 0.5) is 0 Å². The molecule has 0 spiro atoms. The molecule has 1 aromatic carbocycles. The van der Waals surface area contributed by atoms with Gasteiger partial charge in [0, 0.05) is 24.8 Å². The van der Waals surface area contributed by atoms with E-state index in [0.717, 1.165) is 5.56 Å². The van der Waals surface area contributed by atoms with Crippen molar-refractivity contribution in [3.63, 3.8) is 0 Å². The summed E-state index contributed by atoms with van der Waals surface area (Å²) in [6.45, 7) is 0. The van der Waals surface area contributed by atoms with Gasteiger partial charge in [0.05, 0.1) is 10.0 Å². The molecule has 0 radical (unpaired) electrons. The van der Waals surface area contributed by atoms with Crippen molar-refractivity contribution >= 4 is 35.1 Å². The van der Waals surface area contributed by atoms with Gasteiger partial charge in [0.2, 0.25) is 5.91 Å². The fourth-order valence-corrected chi connectivity index (χ4v) is 2.66. The van der Waals surface area contributed by atoms with Crippen molar-refractivity contribution in [3.8, 4) is 0 Å². The third kappa shape index (κ3) is 3.39. The summed E-state index contributed by atoms with van der Waals surface area (Å²) in [5.74, 6) is -0.984. The van der Waals surface area contributed by atoms with E-state index in [-0.39, 0.29) is 24.3 Å². The molecule has 19 heavy (non-hydrogen) atoms. The Morgan fingerprint density at radius 3 is 2.74 bits per heavy atom. The number of hydrogen-bond acceptors (Lipinski definition) is 2. The van der Waals surface area contributed by atoms with Crippen LogP contribution in [0.3, 0.4) is 0 Å². The highest BCUT2D eigenvalue weighted by Crippen LogP contribution is 2.34. The van der Waals surface area contributed by atoms with Crippen LogP contribution in [0, 0.1) is 0 Å². The Hall–Kier alpha value is -1.26. The fraction of sp³-hybridized carbons (Fsp3) is 0.385. The number of rotatable bonds is 4. The second kappa shape index (κ2) is 5.80. The first-order chi connectivity index (χ1) is 8.97. The number of carboxylic acid groups (broad SMARTS) is 1. The smallest absolute Gasteiger partial charge is 0.303 e. The van der Waals surface area contributed by atoms with Crippen LogP contribution in [0.25, 0.3) is 0 Å². The van der Waals surface area contributed by atoms with Crippen molar-refractivity contribution in [2.45, 2.75) is 31.2 Å². The van der Waals surface area contributed by atoms with E-state index in [1.165, 1.54) is 0 Å². The fourth-order valence-electron chi connectivity index (χ4n) is 2.35. The third-order valence-electron chi connectivity index (χ3n) is 3.28. The molecule has 4 nitrogen and oxygen atoms in total. The maximum Gasteiger partial charge on any atom is 0.303 e. The minimum absolute atomic E-state index is 0.0305. The van der Waals surface area contributed by atoms with Crippen LogP contribution in [-0.2, 0) is 9.59 Å². The maximum absolute atomic E-state index is 11.5. The molecule has 1 aliphatic rings. The summed E-state index contributed by atoms with van der Waals surface area (Å²) in [4.78, 5) is 22.1. The van der Waals surface area contributed by atoms with Gasteiger partial charge in [-0.25, -0.2) is 0 Å². The largest absolute Gasteiger partial charge is 0.481 e. The molecule has 2 N–H and O–H groups in total. The van der Waals surface area contributed by atoms with Gasteiger partial charge in [-0.15, -0.1) is 0 Å². The molecule has 0 aromatic heterocycles. The molecule has 0 aliphatic carbocycles. The standard InChI is InChI=1S/C13H13Cl2NO3/c14-9-2-1-7(5-10(9)15)8-6-12(17)16-11(8)3-4-13(18)19/h1-2,5,8,11H,3-4,6H2,(H,16,17)(H,18,19). The lowest BCUT2D eigenvalue weighted by Crippen LogP contribution is -2.28. The van der Waals surface area contributed by atoms with E-state index in [1.807, 2.05) is 6.07 Å². The van der Waals surface area contributed by atoms with E-state index in [1.54, 1.807) is 12.1 Å². The number of benzene rings is 1. The summed E-state index contributed by atoms with van der Waals surface area (Å²) in [6.07, 6.45) is 0.789. The summed E-state index contributed by atoms with van der Waals surface area (Å²) in [5, 5.41) is 12.4. The number of amides is 1. The SMILES string of the molecule is O=C(O)CCC1NC(=O)CC1c1ccc(Cl)c(Cl)c1. The lowest BCUT2D eigenvalue weighted by molar-refractivity contribution is -0.137. The van der Waals surface area contributed by atoms with Crippen molar-refractivity contribution in [3.05, 3.63) is 33.8 Å². The van der Waals surface area contributed by atoms with Gasteiger partial charge < -0.3 is 10.4 Å². The Labute approximate surface area is 120 Å². The molecule has 2 rings (SSSR count). The summed E-state index contributed by atoms with van der Waals surface area (Å²) in [5.41, 5.74) is 0.906. The zero-order valence-electron chi connectivity index (χ0n) is 10.0. The number of carbonyl (C=O) groups is 2. The predicted octanol–water partition coefficient (Wildman–Crippen LogP) is 2.83. The molecular formula is C13H13Cl2NO3. The van der Waals surface area contributed by atoms with Gasteiger partial charge in [0.15, 0.2) is 0 Å². The van der Waals surface area contributed by atoms with Crippen molar-refractivity contribution in [2.75, 3.05) is 0 Å². The van der Waals surface area contributed by atoms with Gasteiger partial charge in [0.25, 0.3) is 0 Å². The van der Waals surface area contributed by atoms with Crippen LogP contribution in [0.5, 0.6) is 0 Å². The average Bonchev–Trinajstić information content (AvgIpc) is 2.71. The van der Waals surface area contributed by atoms with Crippen LogP contribution < -0.4 is 5.32 Å². The molecule has 1 heterocycles. The number of halogens is 2. The second-order valence-electron chi connectivity index (χ2n) is 4.59. The number of carboxylic acids is 1. The summed E-state index contributed by atoms with van der Waals surface area (Å²) in [6, 6.07) is 5.09. The Balaban J connectivity index is 2.17. The summed E-state index contributed by atoms with van der Waals surface area (Å²) >= 11 is 11.8. The summed E-state index contributed by atoms with van der Waals surface area (Å²) < 4.78 is 0. The number of nitrogens with one attached hydrogen (secondary N) is 1. The van der Waals surface area contributed by atoms with Crippen LogP contribution >= 0.6 is 23.2 Å². The second-order valence-corrected chi connectivity index (χ2v) is 5.40. The number of carbonyl (C=O) groups excluding carboxylic acids is 1. The molecule has 6 heteroatoms. The molecule has 0 bridgehead atoms. The van der Waals surface area contributed by atoms with Crippen LogP contribution in [0.2, 0.25) is 10.0 Å². The normalized spacial score (nSPS) is 22.3. The minimum atomic E-state index is -0.867. The van der Waals surface area contributed by atoms with Crippen LogP contribution in [-0.4, -0.2) is 23.0 Å². The van der Waals surface area contributed by atoms with Crippen molar-refractivity contribution in [1.82, 2.24) is 5.32 Å². The Bertz CT molecular complexity index is 519. The van der Waals surface area contributed by atoms with Gasteiger partial charge >= 0.3 is 5.97 Å². The maximum atomic E-state index is 11.5. The predicted molar refractivity (Wildman–Crippen MR) is 72.6 cm³/mol. The Morgan fingerprint density at radius 2 is 2.11 bits per heavy atom. The van der Waals surface area contributed by atoms with Crippen LogP contribution in [0.1, 0.15) is 30.7 Å². The van der Waals surface area contributed by atoms with Crippen molar-refractivity contribution < 1.29 is 14.7 Å². The highest BCUT2D eigenvalue weighted by molar-refractivity contribution is 6.42. The molecular weight excluding hydrogens is 289 g/mol. The van der Waals surface area contributed by atoms with Crippen molar-refractivity contribution in [2.24, 2.45) is 0 Å². The minimum Gasteiger partial charge on any atom is -0.481 e. The first-order valence-electron chi connectivity index (χ1n) is 5.93. The molecule has 0 saturated carbocycles. The van der Waals surface area contributed by atoms with Gasteiger partial charge in [0.1, 0.15) is 0 Å². The third-order valence-corrected chi connectivity index (χ3v) is 4.02. The van der Waals surface area contributed by atoms with Crippen LogP contribution in [0.15, 0.2) is 18.2 Å². The zero-order valence-corrected chi connectivity index (χ0v) is 11.5. The van der Waals surface area contributed by atoms with E-state index in [4.69, 9.17) is 28.3 Å². The molecule has 1 aliphatic heterocycles. The van der Waals surface area contributed by atoms with Gasteiger partial charge in [-0.3, -0.25) is 9.59 Å². The number of aliphatic carboxylic acids is 1. The molecule has 102 valence electrons. The molecule has 1 saturated heterocycles. The highest BCUT2D eigenvalue weighted by atomic mass is 35.5. The molecule has 2 atom stereocenters. The molecule has 1 aromatic rings. The first-order valence-corrected chi connectivity index (χ1v) is 6.69. The van der Waals surface area contributed by atoms with E-state index in [9.17, 15) is 9.59 Å². The quantitative estimate of drug-likeness (QED) is 0.898. The molecule has 1 amide bonds. The van der Waals surface area contributed by atoms with E-state index < -0.39 is 5.97 Å². The topological polar surface area (TPSA) is 66.4 Å². The average molecular weight is 302 g/mol. The lowest BCUT2D eigenvalue weighted by Gasteiger charge is -2.18. The Morgan fingerprint density at radius 1 is 1.37 bits per heavy atom. The summed E-state index contributed by atoms with van der Waals surface area (Å²) in [7, 11) is 0. The van der Waals surface area contributed by atoms with Gasteiger partial charge in [-0.05, 0) is 24.1 Å². The van der Waals surface area contributed by atoms with Crippen molar-refractivity contribution in [1.29, 1.82) is 0 Å². The molecule has 1 fully saturated rings. The van der Waals surface area contributed by atoms with E-state index in [0.29, 0.717) is 22.9 Å². The Kier molecular flexibility index (Phi) is 4.32.